The van der Waals surface area contributed by atoms with E-state index in [9.17, 15) is 0 Å². The van der Waals surface area contributed by atoms with Crippen LogP contribution in [0.1, 0.15) is 18.4 Å². The minimum Gasteiger partial charge on any atom is -0.385 e. The van der Waals surface area contributed by atoms with Gasteiger partial charge >= 0.3 is 0 Å². The van der Waals surface area contributed by atoms with Gasteiger partial charge in [0.15, 0.2) is 5.79 Å². The Morgan fingerprint density at radius 3 is 2.64 bits per heavy atom. The van der Waals surface area contributed by atoms with Crippen LogP contribution >= 0.6 is 0 Å². The maximum atomic E-state index is 6.48. The van der Waals surface area contributed by atoms with E-state index in [1.54, 1.807) is 19.5 Å². The third kappa shape index (κ3) is 4.62. The molecule has 3 rings (SSSR count). The Morgan fingerprint density at radius 2 is 1.92 bits per heavy atom. The quantitative estimate of drug-likeness (QED) is 0.699. The summed E-state index contributed by atoms with van der Waals surface area (Å²) < 4.78 is 5.13. The first kappa shape index (κ1) is 17.1. The minimum atomic E-state index is -0.944. The molecular weight excluding hydrogens is 316 g/mol. The van der Waals surface area contributed by atoms with Gasteiger partial charge in [-0.3, -0.25) is 10.7 Å². The number of ether oxygens (including phenoxy) is 1. The summed E-state index contributed by atoms with van der Waals surface area (Å²) in [5.74, 6) is 0.205. The summed E-state index contributed by atoms with van der Waals surface area (Å²) in [4.78, 5) is 13.2. The lowest BCUT2D eigenvalue weighted by molar-refractivity contribution is 0.181. The molecule has 0 amide bonds. The largest absolute Gasteiger partial charge is 0.385 e. The number of nitrogens with zero attached hydrogens (tertiary/aromatic N) is 3. The van der Waals surface area contributed by atoms with E-state index < -0.39 is 5.79 Å². The second kappa shape index (κ2) is 7.87. The first-order valence-electron chi connectivity index (χ1n) is 8.15. The maximum Gasteiger partial charge on any atom is 0.228 e. The monoisotopic (exact) mass is 338 g/mol. The number of anilines is 1. The number of benzene rings is 1. The van der Waals surface area contributed by atoms with Gasteiger partial charge in [0.05, 0.1) is 0 Å². The van der Waals surface area contributed by atoms with Gasteiger partial charge < -0.3 is 15.4 Å². The van der Waals surface area contributed by atoms with E-state index in [1.165, 1.54) is 0 Å². The van der Waals surface area contributed by atoms with Crippen molar-refractivity contribution >= 4 is 17.5 Å². The molecule has 0 aliphatic carbocycles. The smallest absolute Gasteiger partial charge is 0.228 e. The summed E-state index contributed by atoms with van der Waals surface area (Å²) in [6, 6.07) is 13.6. The molecule has 0 radical (unpaired) electrons. The molecule has 1 aliphatic heterocycles. The number of aromatic nitrogens is 1. The standard InChI is InChI=1S/C18H22N6O/c1-25-13-5-10-18(19)23-16(14-6-3-2-4-7-14)22-17(24-18)21-15-8-11-20-12-9-15/h2-4,6-9,11-12H,5,10,13,19H2,1H3,(H2,20,21,22,23,24). The molecule has 2 aromatic rings. The number of rotatable bonds is 6. The lowest BCUT2D eigenvalue weighted by atomic mass is 10.1. The number of hydrogen-bond donors (Lipinski definition) is 3. The third-order valence-electron chi connectivity index (χ3n) is 3.75. The van der Waals surface area contributed by atoms with Crippen LogP contribution in [-0.2, 0) is 4.74 Å². The van der Waals surface area contributed by atoms with Crippen molar-refractivity contribution in [3.05, 3.63) is 60.4 Å². The highest BCUT2D eigenvalue weighted by Crippen LogP contribution is 2.17. The molecule has 130 valence electrons. The number of guanidine groups is 1. The third-order valence-corrected chi connectivity index (χ3v) is 3.75. The lowest BCUT2D eigenvalue weighted by Gasteiger charge is -2.32. The number of nitrogens with one attached hydrogen (secondary N) is 2. The Hall–Kier alpha value is -2.77. The predicted octanol–water partition coefficient (Wildman–Crippen LogP) is 1.94. The van der Waals surface area contributed by atoms with Gasteiger partial charge in [0.1, 0.15) is 5.84 Å². The normalized spacial score (nSPS) is 19.6. The minimum absolute atomic E-state index is 0.462. The number of pyridine rings is 1. The van der Waals surface area contributed by atoms with Crippen LogP contribution in [0.5, 0.6) is 0 Å². The molecule has 1 aromatic carbocycles. The highest BCUT2D eigenvalue weighted by Gasteiger charge is 2.30. The zero-order valence-corrected chi connectivity index (χ0v) is 14.1. The molecule has 0 spiro atoms. The fraction of sp³-hybridized carbons (Fsp3) is 0.278. The van der Waals surface area contributed by atoms with Crippen molar-refractivity contribution in [1.82, 2.24) is 10.3 Å². The molecule has 0 bridgehead atoms. The average Bonchev–Trinajstić information content (AvgIpc) is 2.63. The Balaban J connectivity index is 1.87. The summed E-state index contributed by atoms with van der Waals surface area (Å²) in [5.41, 5.74) is 8.29. The van der Waals surface area contributed by atoms with Gasteiger partial charge in [0.25, 0.3) is 0 Å². The summed E-state index contributed by atoms with van der Waals surface area (Å²) in [6.07, 6.45) is 4.82. The van der Waals surface area contributed by atoms with Crippen LogP contribution < -0.4 is 16.4 Å². The first-order chi connectivity index (χ1) is 12.2. The molecule has 1 atom stereocenters. The van der Waals surface area contributed by atoms with Gasteiger partial charge in [0, 0.05) is 43.8 Å². The molecule has 2 heterocycles. The van der Waals surface area contributed by atoms with Crippen molar-refractivity contribution in [2.24, 2.45) is 15.7 Å². The number of aliphatic imine (C=N–C) groups is 2. The summed E-state index contributed by atoms with van der Waals surface area (Å²) >= 11 is 0. The summed E-state index contributed by atoms with van der Waals surface area (Å²) in [5, 5.41) is 6.45. The van der Waals surface area contributed by atoms with Crippen molar-refractivity contribution in [3.8, 4) is 0 Å². The molecule has 1 aromatic heterocycles. The number of nitrogens with two attached hydrogens (primary N) is 1. The highest BCUT2D eigenvalue weighted by atomic mass is 16.5. The lowest BCUT2D eigenvalue weighted by Crippen LogP contribution is -2.57. The van der Waals surface area contributed by atoms with Crippen LogP contribution in [-0.4, -0.2) is 36.3 Å². The van der Waals surface area contributed by atoms with Crippen molar-refractivity contribution < 1.29 is 4.74 Å². The Bertz CT molecular complexity index is 747. The van der Waals surface area contributed by atoms with E-state index >= 15 is 0 Å². The van der Waals surface area contributed by atoms with E-state index in [0.29, 0.717) is 24.8 Å². The Labute approximate surface area is 147 Å². The molecule has 7 heteroatoms. The van der Waals surface area contributed by atoms with E-state index in [1.807, 2.05) is 42.5 Å². The van der Waals surface area contributed by atoms with E-state index in [-0.39, 0.29) is 0 Å². The number of hydrogen-bond acceptors (Lipinski definition) is 7. The molecule has 1 unspecified atom stereocenters. The van der Waals surface area contributed by atoms with Crippen molar-refractivity contribution in [2.75, 3.05) is 19.0 Å². The highest BCUT2D eigenvalue weighted by molar-refractivity contribution is 6.10. The molecule has 0 saturated heterocycles. The van der Waals surface area contributed by atoms with Gasteiger partial charge in [-0.25, -0.2) is 4.99 Å². The molecule has 7 nitrogen and oxygen atoms in total. The van der Waals surface area contributed by atoms with E-state index in [4.69, 9.17) is 10.5 Å². The van der Waals surface area contributed by atoms with Crippen molar-refractivity contribution in [2.45, 2.75) is 18.6 Å². The van der Waals surface area contributed by atoms with Gasteiger partial charge in [-0.1, -0.05) is 30.3 Å². The SMILES string of the molecule is COCCCC1(N)N=C(Nc2ccncc2)N=C(c2ccccc2)N1. The molecule has 4 N–H and O–H groups in total. The van der Waals surface area contributed by atoms with Gasteiger partial charge in [0.2, 0.25) is 5.96 Å². The fourth-order valence-corrected chi connectivity index (χ4v) is 2.54. The average molecular weight is 338 g/mol. The van der Waals surface area contributed by atoms with Crippen LogP contribution in [0.15, 0.2) is 64.8 Å². The van der Waals surface area contributed by atoms with Crippen LogP contribution in [0, 0.1) is 0 Å². The van der Waals surface area contributed by atoms with Gasteiger partial charge in [-0.2, -0.15) is 4.99 Å². The van der Waals surface area contributed by atoms with E-state index in [0.717, 1.165) is 17.7 Å². The second-order valence-corrected chi connectivity index (χ2v) is 5.77. The van der Waals surface area contributed by atoms with Crippen molar-refractivity contribution in [3.63, 3.8) is 0 Å². The molecular formula is C18H22N6O. The van der Waals surface area contributed by atoms with Gasteiger partial charge in [-0.15, -0.1) is 0 Å². The predicted molar refractivity (Wildman–Crippen MR) is 99.4 cm³/mol. The zero-order chi connectivity index (χ0) is 17.5. The molecule has 25 heavy (non-hydrogen) atoms. The summed E-state index contributed by atoms with van der Waals surface area (Å²) in [7, 11) is 1.67. The van der Waals surface area contributed by atoms with Crippen molar-refractivity contribution in [1.29, 1.82) is 0 Å². The zero-order valence-electron chi connectivity index (χ0n) is 14.1. The Morgan fingerprint density at radius 1 is 1.16 bits per heavy atom. The Kier molecular flexibility index (Phi) is 5.37. The number of amidine groups is 1. The molecule has 0 fully saturated rings. The van der Waals surface area contributed by atoms with E-state index in [2.05, 4.69) is 25.6 Å². The first-order valence-corrected chi connectivity index (χ1v) is 8.15. The fourth-order valence-electron chi connectivity index (χ4n) is 2.54. The van der Waals surface area contributed by atoms with Crippen LogP contribution in [0.25, 0.3) is 0 Å². The second-order valence-electron chi connectivity index (χ2n) is 5.77. The molecule has 1 aliphatic rings. The maximum absolute atomic E-state index is 6.48. The van der Waals surface area contributed by atoms with Crippen LogP contribution in [0.3, 0.4) is 0 Å². The summed E-state index contributed by atoms with van der Waals surface area (Å²) in [6.45, 7) is 0.626. The number of methoxy groups -OCH3 is 1. The van der Waals surface area contributed by atoms with Crippen LogP contribution in [0.4, 0.5) is 5.69 Å². The van der Waals surface area contributed by atoms with Crippen LogP contribution in [0.2, 0.25) is 0 Å². The molecule has 0 saturated carbocycles. The topological polar surface area (TPSA) is 96.9 Å². The van der Waals surface area contributed by atoms with Gasteiger partial charge in [-0.05, 0) is 18.6 Å².